The molecular formula is C11H22N2O2. The zero-order valence-corrected chi connectivity index (χ0v) is 9.86. The van der Waals surface area contributed by atoms with Crippen molar-refractivity contribution in [1.82, 2.24) is 10.2 Å². The molecule has 0 radical (unpaired) electrons. The van der Waals surface area contributed by atoms with E-state index >= 15 is 0 Å². The molecule has 0 spiro atoms. The van der Waals surface area contributed by atoms with Crippen molar-refractivity contribution >= 4 is 5.91 Å². The van der Waals surface area contributed by atoms with Crippen LogP contribution in [0.5, 0.6) is 0 Å². The van der Waals surface area contributed by atoms with Crippen molar-refractivity contribution in [2.75, 3.05) is 26.7 Å². The van der Waals surface area contributed by atoms with Gasteiger partial charge in [-0.15, -0.1) is 0 Å². The van der Waals surface area contributed by atoms with E-state index in [0.29, 0.717) is 13.1 Å². The van der Waals surface area contributed by atoms with E-state index in [9.17, 15) is 9.90 Å². The average molecular weight is 214 g/mol. The summed E-state index contributed by atoms with van der Waals surface area (Å²) in [7, 11) is 1.96. The average Bonchev–Trinajstić information content (AvgIpc) is 2.15. The summed E-state index contributed by atoms with van der Waals surface area (Å²) in [6, 6.07) is 0. The van der Waals surface area contributed by atoms with Crippen LogP contribution >= 0.6 is 0 Å². The molecule has 0 heterocycles. The second-order valence-electron chi connectivity index (χ2n) is 3.66. The van der Waals surface area contributed by atoms with Gasteiger partial charge < -0.3 is 15.3 Å². The Bertz CT molecular complexity index is 205. The maximum atomic E-state index is 11.0. The third-order valence-corrected chi connectivity index (χ3v) is 1.96. The Balaban J connectivity index is 3.65. The predicted octanol–water partition coefficient (Wildman–Crippen LogP) is 0.381. The van der Waals surface area contributed by atoms with Gasteiger partial charge >= 0.3 is 0 Å². The number of carbonyl (C=O) groups is 1. The maximum Gasteiger partial charge on any atom is 0.243 e. The lowest BCUT2D eigenvalue weighted by atomic mass is 10.3. The molecule has 0 rings (SSSR count). The van der Waals surface area contributed by atoms with Crippen LogP contribution in [-0.2, 0) is 4.79 Å². The van der Waals surface area contributed by atoms with E-state index in [-0.39, 0.29) is 5.91 Å². The third kappa shape index (κ3) is 8.15. The first-order valence-corrected chi connectivity index (χ1v) is 5.37. The van der Waals surface area contributed by atoms with Gasteiger partial charge in [-0.3, -0.25) is 4.79 Å². The van der Waals surface area contributed by atoms with Crippen LogP contribution in [0.4, 0.5) is 0 Å². The number of amides is 1. The number of nitrogens with zero attached hydrogens (tertiary/aromatic N) is 1. The summed E-state index contributed by atoms with van der Waals surface area (Å²) < 4.78 is 0. The molecular weight excluding hydrogens is 192 g/mol. The molecule has 0 aromatic rings. The number of hydrogen-bond acceptors (Lipinski definition) is 3. The lowest BCUT2D eigenvalue weighted by molar-refractivity contribution is -0.117. The summed E-state index contributed by atoms with van der Waals surface area (Å²) in [4.78, 5) is 13.1. The van der Waals surface area contributed by atoms with Crippen molar-refractivity contribution < 1.29 is 9.90 Å². The van der Waals surface area contributed by atoms with Crippen molar-refractivity contribution in [3.8, 4) is 0 Å². The highest BCUT2D eigenvalue weighted by molar-refractivity contribution is 5.87. The SMILES string of the molecule is C/C=C/C(=O)NCC(O)CN(C)CCC. The van der Waals surface area contributed by atoms with Gasteiger partial charge in [0.05, 0.1) is 6.10 Å². The van der Waals surface area contributed by atoms with Gasteiger partial charge in [0.2, 0.25) is 5.91 Å². The van der Waals surface area contributed by atoms with E-state index < -0.39 is 6.10 Å². The summed E-state index contributed by atoms with van der Waals surface area (Å²) in [5, 5.41) is 12.2. The van der Waals surface area contributed by atoms with E-state index in [1.54, 1.807) is 13.0 Å². The molecule has 0 aliphatic rings. The first kappa shape index (κ1) is 14.1. The Kier molecular flexibility index (Phi) is 7.95. The second-order valence-corrected chi connectivity index (χ2v) is 3.66. The van der Waals surface area contributed by atoms with Gasteiger partial charge in [-0.1, -0.05) is 13.0 Å². The minimum Gasteiger partial charge on any atom is -0.390 e. The van der Waals surface area contributed by atoms with E-state index in [4.69, 9.17) is 0 Å². The Hall–Kier alpha value is -0.870. The summed E-state index contributed by atoms with van der Waals surface area (Å²) in [6.45, 7) is 5.72. The van der Waals surface area contributed by atoms with Gasteiger partial charge in [0.25, 0.3) is 0 Å². The highest BCUT2D eigenvalue weighted by Crippen LogP contribution is 1.90. The smallest absolute Gasteiger partial charge is 0.243 e. The zero-order valence-electron chi connectivity index (χ0n) is 9.86. The molecule has 4 nitrogen and oxygen atoms in total. The molecule has 0 fully saturated rings. The van der Waals surface area contributed by atoms with Crippen molar-refractivity contribution in [1.29, 1.82) is 0 Å². The molecule has 1 amide bonds. The Morgan fingerprint density at radius 1 is 1.60 bits per heavy atom. The number of nitrogens with one attached hydrogen (secondary N) is 1. The number of carbonyl (C=O) groups excluding carboxylic acids is 1. The standard InChI is InChI=1S/C11H22N2O2/c1-4-6-11(15)12-8-10(14)9-13(3)7-5-2/h4,6,10,14H,5,7-9H2,1-3H3,(H,12,15)/b6-4+. The third-order valence-electron chi connectivity index (χ3n) is 1.96. The van der Waals surface area contributed by atoms with Gasteiger partial charge in [-0.2, -0.15) is 0 Å². The molecule has 88 valence electrons. The van der Waals surface area contributed by atoms with Crippen LogP contribution in [0, 0.1) is 0 Å². The second kappa shape index (κ2) is 8.44. The molecule has 0 bridgehead atoms. The molecule has 2 N–H and O–H groups in total. The first-order valence-electron chi connectivity index (χ1n) is 5.37. The van der Waals surface area contributed by atoms with E-state index in [0.717, 1.165) is 13.0 Å². The molecule has 0 aromatic carbocycles. The van der Waals surface area contributed by atoms with E-state index in [1.807, 2.05) is 11.9 Å². The van der Waals surface area contributed by atoms with E-state index in [2.05, 4.69) is 12.2 Å². The molecule has 1 atom stereocenters. The molecule has 1 unspecified atom stereocenters. The molecule has 0 saturated heterocycles. The largest absolute Gasteiger partial charge is 0.390 e. The number of allylic oxidation sites excluding steroid dienone is 1. The van der Waals surface area contributed by atoms with Crippen molar-refractivity contribution in [3.05, 3.63) is 12.2 Å². The van der Waals surface area contributed by atoms with Crippen LogP contribution in [-0.4, -0.2) is 48.7 Å². The quantitative estimate of drug-likeness (QED) is 0.602. The van der Waals surface area contributed by atoms with Gasteiger partial charge in [0.1, 0.15) is 0 Å². The molecule has 0 saturated carbocycles. The molecule has 0 aliphatic carbocycles. The number of rotatable bonds is 7. The maximum absolute atomic E-state index is 11.0. The fourth-order valence-corrected chi connectivity index (χ4v) is 1.33. The minimum absolute atomic E-state index is 0.158. The topological polar surface area (TPSA) is 52.6 Å². The first-order chi connectivity index (χ1) is 7.10. The van der Waals surface area contributed by atoms with Crippen molar-refractivity contribution in [3.63, 3.8) is 0 Å². The summed E-state index contributed by atoms with van der Waals surface area (Å²) in [6.07, 6.45) is 3.68. The molecule has 0 aliphatic heterocycles. The monoisotopic (exact) mass is 214 g/mol. The van der Waals surface area contributed by atoms with Gasteiger partial charge in [-0.05, 0) is 33.0 Å². The molecule has 4 heteroatoms. The normalized spacial score (nSPS) is 13.4. The molecule has 0 aromatic heterocycles. The van der Waals surface area contributed by atoms with Gasteiger partial charge in [-0.25, -0.2) is 0 Å². The van der Waals surface area contributed by atoms with Gasteiger partial charge in [0, 0.05) is 13.1 Å². The summed E-state index contributed by atoms with van der Waals surface area (Å²) in [5.41, 5.74) is 0. The van der Waals surface area contributed by atoms with Crippen LogP contribution in [0.3, 0.4) is 0 Å². The van der Waals surface area contributed by atoms with Crippen LogP contribution in [0.1, 0.15) is 20.3 Å². The highest BCUT2D eigenvalue weighted by Gasteiger charge is 2.07. The summed E-state index contributed by atoms with van der Waals surface area (Å²) in [5.74, 6) is -0.158. The Labute approximate surface area is 92.0 Å². The highest BCUT2D eigenvalue weighted by atomic mass is 16.3. The van der Waals surface area contributed by atoms with Crippen LogP contribution in [0.25, 0.3) is 0 Å². The van der Waals surface area contributed by atoms with Gasteiger partial charge in [0.15, 0.2) is 0 Å². The number of hydrogen-bond donors (Lipinski definition) is 2. The fourth-order valence-electron chi connectivity index (χ4n) is 1.33. The van der Waals surface area contributed by atoms with Crippen LogP contribution < -0.4 is 5.32 Å². The van der Waals surface area contributed by atoms with E-state index in [1.165, 1.54) is 6.08 Å². The Morgan fingerprint density at radius 2 is 2.27 bits per heavy atom. The fraction of sp³-hybridized carbons (Fsp3) is 0.727. The van der Waals surface area contributed by atoms with Crippen molar-refractivity contribution in [2.24, 2.45) is 0 Å². The predicted molar refractivity (Wildman–Crippen MR) is 61.6 cm³/mol. The van der Waals surface area contributed by atoms with Crippen LogP contribution in [0.15, 0.2) is 12.2 Å². The zero-order chi connectivity index (χ0) is 11.7. The minimum atomic E-state index is -0.504. The number of aliphatic hydroxyl groups excluding tert-OH is 1. The molecule has 15 heavy (non-hydrogen) atoms. The summed E-state index contributed by atoms with van der Waals surface area (Å²) >= 11 is 0. The lowest BCUT2D eigenvalue weighted by Crippen LogP contribution is -2.38. The number of likely N-dealkylation sites (N-methyl/N-ethyl adjacent to an activating group) is 1. The lowest BCUT2D eigenvalue weighted by Gasteiger charge is -2.19. The Morgan fingerprint density at radius 3 is 2.80 bits per heavy atom. The van der Waals surface area contributed by atoms with Crippen LogP contribution in [0.2, 0.25) is 0 Å². The number of aliphatic hydroxyl groups is 1. The van der Waals surface area contributed by atoms with Crippen molar-refractivity contribution in [2.45, 2.75) is 26.4 Å².